The van der Waals surface area contributed by atoms with Crippen molar-refractivity contribution in [2.45, 2.75) is 57.6 Å². The first-order valence-corrected chi connectivity index (χ1v) is 8.63. The third-order valence-corrected chi connectivity index (χ3v) is 4.93. The Kier molecular flexibility index (Phi) is 6.12. The summed E-state index contributed by atoms with van der Waals surface area (Å²) in [6.07, 6.45) is 6.34. The summed E-state index contributed by atoms with van der Waals surface area (Å²) in [5.41, 5.74) is 0. The highest BCUT2D eigenvalue weighted by Gasteiger charge is 2.24. The molecule has 0 aromatic rings. The summed E-state index contributed by atoms with van der Waals surface area (Å²) in [5.74, 6) is 2.60. The highest BCUT2D eigenvalue weighted by atomic mass is 16.3. The van der Waals surface area contributed by atoms with Crippen LogP contribution >= 0.6 is 0 Å². The Balaban J connectivity index is 1.89. The van der Waals surface area contributed by atoms with Crippen molar-refractivity contribution >= 4 is 5.96 Å². The van der Waals surface area contributed by atoms with Gasteiger partial charge in [0.25, 0.3) is 0 Å². The van der Waals surface area contributed by atoms with Gasteiger partial charge in [-0.2, -0.15) is 0 Å². The van der Waals surface area contributed by atoms with Gasteiger partial charge in [0.2, 0.25) is 0 Å². The molecule has 0 bridgehead atoms. The zero-order chi connectivity index (χ0) is 16.1. The normalized spacial score (nSPS) is 25.7. The molecule has 2 saturated carbocycles. The zero-order valence-corrected chi connectivity index (χ0v) is 14.4. The second kappa shape index (κ2) is 7.86. The second-order valence-electron chi connectivity index (χ2n) is 6.77. The van der Waals surface area contributed by atoms with Crippen molar-refractivity contribution < 1.29 is 5.11 Å². The molecule has 5 heteroatoms. The number of aliphatic hydroxyl groups excluding tert-OH is 1. The van der Waals surface area contributed by atoms with Crippen LogP contribution < -0.4 is 5.32 Å². The lowest BCUT2D eigenvalue weighted by Gasteiger charge is -2.36. The van der Waals surface area contributed by atoms with Crippen LogP contribution in [0.2, 0.25) is 0 Å². The molecule has 0 radical (unpaired) electrons. The van der Waals surface area contributed by atoms with E-state index in [0.717, 1.165) is 56.5 Å². The molecule has 0 unspecified atom stereocenters. The van der Waals surface area contributed by atoms with Gasteiger partial charge in [-0.05, 0) is 51.4 Å². The third kappa shape index (κ3) is 4.90. The first-order valence-electron chi connectivity index (χ1n) is 8.63. The van der Waals surface area contributed by atoms with E-state index < -0.39 is 0 Å². The molecule has 0 heterocycles. The fourth-order valence-electron chi connectivity index (χ4n) is 2.80. The second-order valence-corrected chi connectivity index (χ2v) is 6.77. The summed E-state index contributed by atoms with van der Waals surface area (Å²) in [6, 6.07) is 0.458. The summed E-state index contributed by atoms with van der Waals surface area (Å²) in [5, 5.41) is 13.0. The van der Waals surface area contributed by atoms with Crippen molar-refractivity contribution in [3.63, 3.8) is 0 Å². The Labute approximate surface area is 135 Å². The van der Waals surface area contributed by atoms with E-state index in [0.29, 0.717) is 6.04 Å². The monoisotopic (exact) mass is 308 g/mol. The largest absolute Gasteiger partial charge is 0.393 e. The molecule has 2 aliphatic carbocycles. The van der Waals surface area contributed by atoms with Crippen molar-refractivity contribution in [2.24, 2.45) is 10.9 Å². The highest BCUT2D eigenvalue weighted by Crippen LogP contribution is 2.29. The van der Waals surface area contributed by atoms with Crippen molar-refractivity contribution in [3.05, 3.63) is 12.4 Å². The van der Waals surface area contributed by atoms with Crippen LogP contribution in [0.4, 0.5) is 0 Å². The SMILES string of the molecule is C=C(NC(=NCC1CC1)N(C)CC)N(C)C1CCC(O)CC1. The Bertz CT molecular complexity index is 397. The van der Waals surface area contributed by atoms with Crippen molar-refractivity contribution in [2.75, 3.05) is 27.2 Å². The van der Waals surface area contributed by atoms with E-state index in [1.807, 2.05) is 0 Å². The minimum Gasteiger partial charge on any atom is -0.393 e. The molecular weight excluding hydrogens is 276 g/mol. The number of aliphatic imine (C=N–C) groups is 1. The first kappa shape index (κ1) is 17.1. The summed E-state index contributed by atoms with van der Waals surface area (Å²) in [7, 11) is 4.14. The summed E-state index contributed by atoms with van der Waals surface area (Å²) in [4.78, 5) is 9.08. The molecule has 5 nitrogen and oxygen atoms in total. The quantitative estimate of drug-likeness (QED) is 0.582. The Morgan fingerprint density at radius 2 is 1.82 bits per heavy atom. The molecule has 2 rings (SSSR count). The maximum atomic E-state index is 9.64. The van der Waals surface area contributed by atoms with Crippen molar-refractivity contribution in [1.29, 1.82) is 0 Å². The summed E-state index contributed by atoms with van der Waals surface area (Å²) in [6.45, 7) is 8.16. The molecule has 0 aromatic carbocycles. The first-order chi connectivity index (χ1) is 10.5. The average molecular weight is 308 g/mol. The van der Waals surface area contributed by atoms with Gasteiger partial charge in [-0.15, -0.1) is 0 Å². The van der Waals surface area contributed by atoms with Crippen molar-refractivity contribution in [3.8, 4) is 0 Å². The van der Waals surface area contributed by atoms with Crippen LogP contribution in [0.3, 0.4) is 0 Å². The molecule has 22 heavy (non-hydrogen) atoms. The van der Waals surface area contributed by atoms with E-state index in [1.165, 1.54) is 12.8 Å². The van der Waals surface area contributed by atoms with Gasteiger partial charge in [-0.25, -0.2) is 0 Å². The number of rotatable bonds is 6. The van der Waals surface area contributed by atoms with E-state index in [9.17, 15) is 5.11 Å². The van der Waals surface area contributed by atoms with Gasteiger partial charge in [0, 0.05) is 33.2 Å². The van der Waals surface area contributed by atoms with Gasteiger partial charge in [-0.3, -0.25) is 4.99 Å². The van der Waals surface area contributed by atoms with Gasteiger partial charge in [0.05, 0.1) is 6.10 Å². The molecule has 0 aliphatic heterocycles. The van der Waals surface area contributed by atoms with Crippen LogP contribution in [0.1, 0.15) is 45.4 Å². The third-order valence-electron chi connectivity index (χ3n) is 4.93. The van der Waals surface area contributed by atoms with Gasteiger partial charge in [0.1, 0.15) is 5.82 Å². The average Bonchev–Trinajstić information content (AvgIpc) is 3.34. The van der Waals surface area contributed by atoms with Gasteiger partial charge < -0.3 is 20.2 Å². The lowest BCUT2D eigenvalue weighted by atomic mass is 9.92. The number of guanidine groups is 1. The molecule has 2 N–H and O–H groups in total. The van der Waals surface area contributed by atoms with E-state index in [4.69, 9.17) is 4.99 Å². The number of hydrogen-bond donors (Lipinski definition) is 2. The van der Waals surface area contributed by atoms with Crippen LogP contribution in [0.5, 0.6) is 0 Å². The van der Waals surface area contributed by atoms with E-state index in [-0.39, 0.29) is 6.10 Å². The Morgan fingerprint density at radius 1 is 1.18 bits per heavy atom. The van der Waals surface area contributed by atoms with Gasteiger partial charge in [-0.1, -0.05) is 6.58 Å². The maximum absolute atomic E-state index is 9.64. The van der Waals surface area contributed by atoms with Crippen LogP contribution in [0.15, 0.2) is 17.4 Å². The molecule has 0 amide bonds. The van der Waals surface area contributed by atoms with E-state index in [2.05, 4.69) is 42.7 Å². The fraction of sp³-hybridized carbons (Fsp3) is 0.824. The number of nitrogens with zero attached hydrogens (tertiary/aromatic N) is 3. The molecule has 0 saturated heterocycles. The number of nitrogens with one attached hydrogen (secondary N) is 1. The lowest BCUT2D eigenvalue weighted by molar-refractivity contribution is 0.0932. The topological polar surface area (TPSA) is 51.1 Å². The van der Waals surface area contributed by atoms with E-state index in [1.54, 1.807) is 0 Å². The van der Waals surface area contributed by atoms with Crippen LogP contribution in [-0.4, -0.2) is 60.2 Å². The minimum atomic E-state index is -0.118. The van der Waals surface area contributed by atoms with Crippen molar-refractivity contribution in [1.82, 2.24) is 15.1 Å². The predicted octanol–water partition coefficient (Wildman–Crippen LogP) is 2.00. The molecule has 0 spiro atoms. The summed E-state index contributed by atoms with van der Waals surface area (Å²) < 4.78 is 0. The van der Waals surface area contributed by atoms with Gasteiger partial charge in [0.15, 0.2) is 5.96 Å². The Hall–Kier alpha value is -1.23. The number of hydrogen-bond acceptors (Lipinski definition) is 3. The Morgan fingerprint density at radius 3 is 2.36 bits per heavy atom. The molecule has 0 atom stereocenters. The predicted molar refractivity (Wildman–Crippen MR) is 91.6 cm³/mol. The van der Waals surface area contributed by atoms with Crippen LogP contribution in [0.25, 0.3) is 0 Å². The molecular formula is C17H32N4O. The lowest BCUT2D eigenvalue weighted by Crippen LogP contribution is -2.45. The maximum Gasteiger partial charge on any atom is 0.199 e. The summed E-state index contributed by atoms with van der Waals surface area (Å²) >= 11 is 0. The zero-order valence-electron chi connectivity index (χ0n) is 14.4. The van der Waals surface area contributed by atoms with Crippen LogP contribution in [-0.2, 0) is 0 Å². The fourth-order valence-corrected chi connectivity index (χ4v) is 2.80. The van der Waals surface area contributed by atoms with Crippen LogP contribution in [0, 0.1) is 5.92 Å². The molecule has 0 aromatic heterocycles. The molecule has 126 valence electrons. The van der Waals surface area contributed by atoms with E-state index >= 15 is 0 Å². The standard InChI is InChI=1S/C17H32N4O/c1-5-20(3)17(18-12-14-6-7-14)19-13(2)21(4)15-8-10-16(22)11-9-15/h14-16,22H,2,5-12H2,1,3-4H3,(H,18,19). The highest BCUT2D eigenvalue weighted by molar-refractivity contribution is 5.81. The minimum absolute atomic E-state index is 0.118. The van der Waals surface area contributed by atoms with Gasteiger partial charge >= 0.3 is 0 Å². The molecule has 2 aliphatic rings. The smallest absolute Gasteiger partial charge is 0.199 e. The molecule has 2 fully saturated rings. The number of aliphatic hydroxyl groups is 1.